The van der Waals surface area contributed by atoms with Crippen LogP contribution < -0.4 is 5.73 Å². The summed E-state index contributed by atoms with van der Waals surface area (Å²) in [4.78, 5) is 23.1. The molecule has 8 nitrogen and oxygen atoms in total. The standard InChI is InChI=1S/C17H20N2O6/c1-24-17(23)13-7-12(20)15(22)16(25-13)19-8-9(6-14(18)21)10-4-2-3-5-11(10)19/h2-5,8,12-13,15-16,20,22H,6-7H2,1H3,(H2,18,21). The summed E-state index contributed by atoms with van der Waals surface area (Å²) in [5.41, 5.74) is 6.67. The minimum absolute atomic E-state index is 0.0271. The van der Waals surface area contributed by atoms with Crippen molar-refractivity contribution >= 4 is 22.8 Å². The van der Waals surface area contributed by atoms with E-state index in [0.717, 1.165) is 5.39 Å². The molecule has 0 aliphatic carbocycles. The molecule has 1 aliphatic rings. The summed E-state index contributed by atoms with van der Waals surface area (Å²) in [5, 5.41) is 21.3. The van der Waals surface area contributed by atoms with Crippen LogP contribution in [0.15, 0.2) is 30.5 Å². The van der Waals surface area contributed by atoms with E-state index < -0.39 is 36.4 Å². The number of rotatable bonds is 4. The van der Waals surface area contributed by atoms with Gasteiger partial charge in [0.2, 0.25) is 5.91 Å². The number of ether oxygens (including phenoxy) is 2. The number of esters is 1. The largest absolute Gasteiger partial charge is 0.467 e. The van der Waals surface area contributed by atoms with Crippen molar-refractivity contribution in [2.75, 3.05) is 7.11 Å². The Morgan fingerprint density at radius 3 is 2.76 bits per heavy atom. The van der Waals surface area contributed by atoms with E-state index in [1.807, 2.05) is 12.1 Å². The van der Waals surface area contributed by atoms with E-state index >= 15 is 0 Å². The van der Waals surface area contributed by atoms with Gasteiger partial charge in [0.25, 0.3) is 0 Å². The van der Waals surface area contributed by atoms with Crippen LogP contribution in [0.4, 0.5) is 0 Å². The number of methoxy groups -OCH3 is 1. The molecule has 4 N–H and O–H groups in total. The first kappa shape index (κ1) is 17.4. The summed E-state index contributed by atoms with van der Waals surface area (Å²) in [7, 11) is 1.23. The molecule has 1 saturated heterocycles. The molecule has 3 rings (SSSR count). The number of nitrogens with two attached hydrogens (primary N) is 1. The van der Waals surface area contributed by atoms with Crippen molar-refractivity contribution in [1.29, 1.82) is 0 Å². The predicted octanol–water partition coefficient (Wildman–Crippen LogP) is -0.149. The number of amides is 1. The molecule has 25 heavy (non-hydrogen) atoms. The fourth-order valence-electron chi connectivity index (χ4n) is 3.18. The third-order valence-corrected chi connectivity index (χ3v) is 4.37. The van der Waals surface area contributed by atoms with Crippen LogP contribution in [-0.4, -0.2) is 52.1 Å². The van der Waals surface area contributed by atoms with Crippen molar-refractivity contribution in [2.24, 2.45) is 5.73 Å². The maximum atomic E-state index is 11.8. The molecule has 0 bridgehead atoms. The number of benzene rings is 1. The lowest BCUT2D eigenvalue weighted by Gasteiger charge is -2.36. The lowest BCUT2D eigenvalue weighted by atomic mass is 10.0. The van der Waals surface area contributed by atoms with E-state index in [9.17, 15) is 19.8 Å². The first-order valence-electron chi connectivity index (χ1n) is 7.88. The summed E-state index contributed by atoms with van der Waals surface area (Å²) in [6, 6.07) is 7.25. The Morgan fingerprint density at radius 1 is 1.36 bits per heavy atom. The number of primary amides is 1. The van der Waals surface area contributed by atoms with Crippen LogP contribution in [0.2, 0.25) is 0 Å². The van der Waals surface area contributed by atoms with Crippen molar-refractivity contribution < 1.29 is 29.3 Å². The number of para-hydroxylation sites is 1. The average molecular weight is 348 g/mol. The van der Waals surface area contributed by atoms with Crippen LogP contribution in [0.1, 0.15) is 18.2 Å². The van der Waals surface area contributed by atoms with E-state index in [1.54, 1.807) is 22.9 Å². The Labute approximate surface area is 143 Å². The Hall–Kier alpha value is -2.42. The number of carbonyl (C=O) groups excluding carboxylic acids is 2. The van der Waals surface area contributed by atoms with Gasteiger partial charge in [-0.2, -0.15) is 0 Å². The van der Waals surface area contributed by atoms with Gasteiger partial charge in [-0.3, -0.25) is 4.79 Å². The van der Waals surface area contributed by atoms with Crippen molar-refractivity contribution in [3.8, 4) is 0 Å². The number of aliphatic hydroxyl groups is 2. The summed E-state index contributed by atoms with van der Waals surface area (Å²) < 4.78 is 12.0. The normalized spacial score (nSPS) is 26.5. The molecule has 134 valence electrons. The topological polar surface area (TPSA) is 124 Å². The van der Waals surface area contributed by atoms with E-state index in [4.69, 9.17) is 10.5 Å². The second kappa shape index (κ2) is 6.83. The molecule has 1 aromatic carbocycles. The Kier molecular flexibility index (Phi) is 4.76. The highest BCUT2D eigenvalue weighted by atomic mass is 16.6. The Bertz CT molecular complexity index is 802. The minimum Gasteiger partial charge on any atom is -0.467 e. The lowest BCUT2D eigenvalue weighted by molar-refractivity contribution is -0.209. The van der Waals surface area contributed by atoms with Crippen LogP contribution in [0.5, 0.6) is 0 Å². The van der Waals surface area contributed by atoms with Gasteiger partial charge < -0.3 is 30.0 Å². The third kappa shape index (κ3) is 3.23. The first-order valence-corrected chi connectivity index (χ1v) is 7.88. The molecule has 4 atom stereocenters. The number of nitrogens with zero attached hydrogens (tertiary/aromatic N) is 1. The average Bonchev–Trinajstić information content (AvgIpc) is 2.94. The lowest BCUT2D eigenvalue weighted by Crippen LogP contribution is -2.48. The fraction of sp³-hybridized carbons (Fsp3) is 0.412. The van der Waals surface area contributed by atoms with E-state index in [0.29, 0.717) is 11.1 Å². The molecule has 0 spiro atoms. The third-order valence-electron chi connectivity index (χ3n) is 4.37. The highest BCUT2D eigenvalue weighted by Gasteiger charge is 2.41. The number of aliphatic hydroxyl groups excluding tert-OH is 2. The molecule has 8 heteroatoms. The van der Waals surface area contributed by atoms with Gasteiger partial charge in [-0.05, 0) is 11.6 Å². The van der Waals surface area contributed by atoms with Crippen molar-refractivity contribution in [2.45, 2.75) is 37.4 Å². The maximum absolute atomic E-state index is 11.8. The minimum atomic E-state index is -1.24. The molecule has 1 amide bonds. The molecular weight excluding hydrogens is 328 g/mol. The van der Waals surface area contributed by atoms with Gasteiger partial charge in [0.1, 0.15) is 6.10 Å². The van der Waals surface area contributed by atoms with Gasteiger partial charge in [-0.25, -0.2) is 4.79 Å². The Morgan fingerprint density at radius 2 is 2.08 bits per heavy atom. The van der Waals surface area contributed by atoms with E-state index in [-0.39, 0.29) is 12.8 Å². The number of aromatic nitrogens is 1. The van der Waals surface area contributed by atoms with E-state index in [1.165, 1.54) is 7.11 Å². The number of carbonyl (C=O) groups is 2. The molecule has 4 unspecified atom stereocenters. The monoisotopic (exact) mass is 348 g/mol. The Balaban J connectivity index is 2.04. The van der Waals surface area contributed by atoms with Gasteiger partial charge in [-0.15, -0.1) is 0 Å². The molecule has 0 saturated carbocycles. The van der Waals surface area contributed by atoms with Gasteiger partial charge in [0.05, 0.1) is 25.2 Å². The van der Waals surface area contributed by atoms with Crippen molar-refractivity contribution in [1.82, 2.24) is 4.57 Å². The molecule has 2 heterocycles. The summed E-state index contributed by atoms with van der Waals surface area (Å²) in [5.74, 6) is -1.11. The van der Waals surface area contributed by atoms with Gasteiger partial charge >= 0.3 is 5.97 Å². The van der Waals surface area contributed by atoms with Crippen LogP contribution >= 0.6 is 0 Å². The molecule has 1 aliphatic heterocycles. The smallest absolute Gasteiger partial charge is 0.335 e. The first-order chi connectivity index (χ1) is 11.9. The van der Waals surface area contributed by atoms with Crippen molar-refractivity contribution in [3.63, 3.8) is 0 Å². The van der Waals surface area contributed by atoms with Gasteiger partial charge in [-0.1, -0.05) is 18.2 Å². The molecule has 1 fully saturated rings. The SMILES string of the molecule is COC(=O)C1CC(O)C(O)C(n2cc(CC(N)=O)c3ccccc32)O1. The second-order valence-electron chi connectivity index (χ2n) is 6.05. The quantitative estimate of drug-likeness (QED) is 0.660. The van der Waals surface area contributed by atoms with Crippen LogP contribution in [0.3, 0.4) is 0 Å². The van der Waals surface area contributed by atoms with Crippen LogP contribution in [0, 0.1) is 0 Å². The predicted molar refractivity (Wildman–Crippen MR) is 87.4 cm³/mol. The van der Waals surface area contributed by atoms with Crippen LogP contribution in [0.25, 0.3) is 10.9 Å². The molecular formula is C17H20N2O6. The number of fused-ring (bicyclic) bond motifs is 1. The molecule has 1 aromatic heterocycles. The second-order valence-corrected chi connectivity index (χ2v) is 6.05. The zero-order chi connectivity index (χ0) is 18.1. The van der Waals surface area contributed by atoms with Crippen LogP contribution in [-0.2, 0) is 25.5 Å². The van der Waals surface area contributed by atoms with Gasteiger partial charge in [0.15, 0.2) is 12.3 Å². The zero-order valence-corrected chi connectivity index (χ0v) is 13.7. The molecule has 2 aromatic rings. The molecule has 0 radical (unpaired) electrons. The maximum Gasteiger partial charge on any atom is 0.335 e. The summed E-state index contributed by atoms with van der Waals surface area (Å²) in [6.45, 7) is 0. The highest BCUT2D eigenvalue weighted by molar-refractivity contribution is 5.89. The van der Waals surface area contributed by atoms with E-state index in [2.05, 4.69) is 4.74 Å². The number of hydrogen-bond donors (Lipinski definition) is 3. The number of hydrogen-bond acceptors (Lipinski definition) is 6. The van der Waals surface area contributed by atoms with Gasteiger partial charge in [0, 0.05) is 18.0 Å². The highest BCUT2D eigenvalue weighted by Crippen LogP contribution is 2.33. The fourth-order valence-corrected chi connectivity index (χ4v) is 3.18. The van der Waals surface area contributed by atoms with Crippen molar-refractivity contribution in [3.05, 3.63) is 36.0 Å². The summed E-state index contributed by atoms with van der Waals surface area (Å²) in [6.07, 6.45) is -2.76. The summed E-state index contributed by atoms with van der Waals surface area (Å²) >= 11 is 0. The zero-order valence-electron chi connectivity index (χ0n) is 13.7.